The second-order valence-electron chi connectivity index (χ2n) is 12.7. The second-order valence-corrected chi connectivity index (χ2v) is 16.1. The molecule has 0 aliphatic carbocycles. The number of sulfonamides is 1. The molecule has 1 fully saturated rings. The molecule has 15 heteroatoms. The van der Waals surface area contributed by atoms with Crippen LogP contribution in [-0.2, 0) is 32.6 Å². The molecule has 3 atom stereocenters. The van der Waals surface area contributed by atoms with Crippen LogP contribution in [0.15, 0.2) is 58.8 Å². The van der Waals surface area contributed by atoms with Crippen LogP contribution in [0.2, 0.25) is 5.02 Å². The number of thiazole rings is 1. The highest BCUT2D eigenvalue weighted by Crippen LogP contribution is 2.26. The number of nitrogens with zero attached hydrogens (tertiary/aromatic N) is 4. The van der Waals surface area contributed by atoms with Gasteiger partial charge in [-0.2, -0.15) is 4.31 Å². The lowest BCUT2D eigenvalue weighted by atomic mass is 9.97. The molecule has 0 spiro atoms. The van der Waals surface area contributed by atoms with Crippen LogP contribution in [0.3, 0.4) is 0 Å². The van der Waals surface area contributed by atoms with E-state index in [1.54, 1.807) is 19.2 Å². The summed E-state index contributed by atoms with van der Waals surface area (Å²) >= 11 is 7.45. The topological polar surface area (TPSA) is 166 Å². The highest BCUT2D eigenvalue weighted by atomic mass is 35.5. The van der Waals surface area contributed by atoms with Gasteiger partial charge in [-0.1, -0.05) is 69.6 Å². The fraction of sp³-hybridized carbons (Fsp3) is 0.455. The summed E-state index contributed by atoms with van der Waals surface area (Å²) in [5, 5.41) is 17.4. The highest BCUT2D eigenvalue weighted by molar-refractivity contribution is 7.89. The lowest BCUT2D eigenvalue weighted by molar-refractivity contribution is -0.129. The number of halogens is 1. The van der Waals surface area contributed by atoms with Gasteiger partial charge in [0.05, 0.1) is 45.0 Å². The first-order chi connectivity index (χ1) is 22.6. The minimum Gasteiger partial charge on any atom is -0.397 e. The predicted octanol–water partition coefficient (Wildman–Crippen LogP) is 3.91. The first kappa shape index (κ1) is 37.3. The summed E-state index contributed by atoms with van der Waals surface area (Å²) in [5.41, 5.74) is 7.40. The summed E-state index contributed by atoms with van der Waals surface area (Å²) < 4.78 is 28.8. The Balaban J connectivity index is 1.60. The SMILES string of the molecule is Cc1nc(CN2C(=O)CN(C(C(=O)N[C@@H](Cc3ccccc3)[C@H](O)CN(CC(C)C)S(=O)(=O)c3ccc(Cl)c(N)c3)C(C)C)C2=O)cs1. The number of aryl methyl sites for hydroxylation is 1. The molecule has 12 nitrogen and oxygen atoms in total. The number of amides is 4. The number of hydrogen-bond donors (Lipinski definition) is 3. The highest BCUT2D eigenvalue weighted by Gasteiger charge is 2.44. The maximum Gasteiger partial charge on any atom is 0.328 e. The molecule has 0 bridgehead atoms. The Kier molecular flexibility index (Phi) is 12.2. The van der Waals surface area contributed by atoms with Crippen LogP contribution in [0.5, 0.6) is 0 Å². The summed E-state index contributed by atoms with van der Waals surface area (Å²) in [5.74, 6) is -1.51. The zero-order chi connectivity index (χ0) is 35.3. The Morgan fingerprint density at radius 2 is 1.81 bits per heavy atom. The van der Waals surface area contributed by atoms with Gasteiger partial charge in [-0.25, -0.2) is 18.2 Å². The van der Waals surface area contributed by atoms with E-state index in [1.807, 2.05) is 51.1 Å². The molecule has 4 amide bonds. The standard InChI is InChI=1S/C33H43ClN6O6S2/c1-20(2)15-38(48(45,46)25-11-12-26(34)27(35)14-25)17-29(41)28(13-23-9-7-6-8-10-23)37-32(43)31(21(3)4)40-18-30(42)39(33(40)44)16-24-19-47-22(5)36-24/h6-12,14,19-21,28-29,31,41H,13,15-18,35H2,1-5H3,(H,37,43)/t28-,29+,31?/m0/s1. The maximum atomic E-state index is 14.0. The van der Waals surface area contributed by atoms with Crippen LogP contribution in [0, 0.1) is 18.8 Å². The number of nitrogen functional groups attached to an aromatic ring is 1. The number of hydrogen-bond acceptors (Lipinski definition) is 9. The Labute approximate surface area is 290 Å². The number of nitrogens with one attached hydrogen (secondary N) is 1. The molecule has 1 unspecified atom stereocenters. The summed E-state index contributed by atoms with van der Waals surface area (Å²) in [7, 11) is -4.13. The van der Waals surface area contributed by atoms with Crippen molar-refractivity contribution in [3.63, 3.8) is 0 Å². The zero-order valence-electron chi connectivity index (χ0n) is 27.7. The molecule has 3 aromatic rings. The maximum absolute atomic E-state index is 14.0. The lowest BCUT2D eigenvalue weighted by Gasteiger charge is -2.34. The van der Waals surface area contributed by atoms with Gasteiger partial charge in [0.1, 0.15) is 12.6 Å². The number of aliphatic hydroxyl groups is 1. The van der Waals surface area contributed by atoms with Gasteiger partial charge in [-0.3, -0.25) is 14.5 Å². The van der Waals surface area contributed by atoms with E-state index in [2.05, 4.69) is 10.3 Å². The molecule has 0 saturated carbocycles. The molecule has 260 valence electrons. The molecule has 1 saturated heterocycles. The third kappa shape index (κ3) is 8.91. The van der Waals surface area contributed by atoms with E-state index < -0.39 is 52.0 Å². The molecule has 2 aromatic carbocycles. The minimum atomic E-state index is -4.13. The third-order valence-electron chi connectivity index (χ3n) is 7.96. The molecule has 1 aliphatic rings. The van der Waals surface area contributed by atoms with Crippen LogP contribution in [-0.4, -0.2) is 88.3 Å². The van der Waals surface area contributed by atoms with E-state index in [4.69, 9.17) is 17.3 Å². The van der Waals surface area contributed by atoms with Crippen LogP contribution < -0.4 is 11.1 Å². The third-order valence-corrected chi connectivity index (χ3v) is 11.0. The number of carbonyl (C=O) groups excluding carboxylic acids is 3. The van der Waals surface area contributed by atoms with E-state index >= 15 is 0 Å². The molecule has 1 aliphatic heterocycles. The summed E-state index contributed by atoms with van der Waals surface area (Å²) in [6, 6.07) is 10.6. The molecule has 4 N–H and O–H groups in total. The number of benzene rings is 2. The van der Waals surface area contributed by atoms with Gasteiger partial charge in [0.2, 0.25) is 15.9 Å². The number of aliphatic hydroxyl groups excluding tert-OH is 1. The number of rotatable bonds is 15. The summed E-state index contributed by atoms with van der Waals surface area (Å²) in [6.07, 6.45) is -1.19. The van der Waals surface area contributed by atoms with Crippen molar-refractivity contribution in [3.05, 3.63) is 75.2 Å². The fourth-order valence-electron chi connectivity index (χ4n) is 5.65. The van der Waals surface area contributed by atoms with Crippen molar-refractivity contribution in [3.8, 4) is 0 Å². The molecule has 48 heavy (non-hydrogen) atoms. The van der Waals surface area contributed by atoms with Gasteiger partial charge in [0.25, 0.3) is 5.91 Å². The van der Waals surface area contributed by atoms with Gasteiger partial charge < -0.3 is 21.1 Å². The fourth-order valence-corrected chi connectivity index (χ4v) is 8.02. The van der Waals surface area contributed by atoms with Gasteiger partial charge in [-0.05, 0) is 48.9 Å². The average molecular weight is 719 g/mol. The normalized spacial score (nSPS) is 15.9. The second kappa shape index (κ2) is 15.8. The number of aromatic nitrogens is 1. The van der Waals surface area contributed by atoms with Crippen molar-refractivity contribution in [1.29, 1.82) is 0 Å². The van der Waals surface area contributed by atoms with Crippen LogP contribution in [0.25, 0.3) is 0 Å². The Bertz CT molecular complexity index is 1720. The van der Waals surface area contributed by atoms with Crippen molar-refractivity contribution in [2.75, 3.05) is 25.4 Å². The molecule has 0 radical (unpaired) electrons. The van der Waals surface area contributed by atoms with Gasteiger partial charge in [-0.15, -0.1) is 11.3 Å². The Morgan fingerprint density at radius 3 is 2.40 bits per heavy atom. The first-order valence-corrected chi connectivity index (χ1v) is 18.4. The number of urea groups is 1. The average Bonchev–Trinajstić information content (AvgIpc) is 3.55. The van der Waals surface area contributed by atoms with Gasteiger partial charge >= 0.3 is 6.03 Å². The quantitative estimate of drug-likeness (QED) is 0.157. The summed E-state index contributed by atoms with van der Waals surface area (Å²) in [6.45, 7) is 8.55. The van der Waals surface area contributed by atoms with Gasteiger partial charge in [0, 0.05) is 18.5 Å². The molecule has 2 heterocycles. The number of imide groups is 1. The van der Waals surface area contributed by atoms with Crippen LogP contribution in [0.1, 0.15) is 44.0 Å². The molecular weight excluding hydrogens is 676 g/mol. The van der Waals surface area contributed by atoms with Crippen molar-refractivity contribution in [1.82, 2.24) is 24.4 Å². The first-order valence-electron chi connectivity index (χ1n) is 15.7. The largest absolute Gasteiger partial charge is 0.397 e. The van der Waals surface area contributed by atoms with Crippen molar-refractivity contribution in [2.24, 2.45) is 11.8 Å². The Morgan fingerprint density at radius 1 is 1.12 bits per heavy atom. The van der Waals surface area contributed by atoms with E-state index in [0.29, 0.717) is 5.69 Å². The zero-order valence-corrected chi connectivity index (χ0v) is 30.1. The smallest absolute Gasteiger partial charge is 0.328 e. The Hall–Kier alpha value is -3.56. The van der Waals surface area contributed by atoms with Gasteiger partial charge in [0.15, 0.2) is 0 Å². The monoisotopic (exact) mass is 718 g/mol. The van der Waals surface area contributed by atoms with Crippen LogP contribution >= 0.6 is 22.9 Å². The van der Waals surface area contributed by atoms with E-state index in [1.165, 1.54) is 38.7 Å². The predicted molar refractivity (Wildman–Crippen MR) is 186 cm³/mol. The van der Waals surface area contributed by atoms with Crippen LogP contribution in [0.4, 0.5) is 10.5 Å². The van der Waals surface area contributed by atoms with Crippen molar-refractivity contribution in [2.45, 2.75) is 70.7 Å². The number of carbonyl (C=O) groups is 3. The van der Waals surface area contributed by atoms with E-state index in [0.717, 1.165) is 15.5 Å². The number of nitrogens with two attached hydrogens (primary N) is 1. The van der Waals surface area contributed by atoms with Crippen molar-refractivity contribution >= 4 is 56.5 Å². The number of anilines is 1. The molecule has 4 rings (SSSR count). The lowest BCUT2D eigenvalue weighted by Crippen LogP contribution is -2.57. The minimum absolute atomic E-state index is 0.000282. The molecular formula is C33H43ClN6O6S2. The summed E-state index contributed by atoms with van der Waals surface area (Å²) in [4.78, 5) is 47.1. The van der Waals surface area contributed by atoms with E-state index in [9.17, 15) is 27.9 Å². The van der Waals surface area contributed by atoms with Crippen molar-refractivity contribution < 1.29 is 27.9 Å². The molecule has 1 aromatic heterocycles. The van der Waals surface area contributed by atoms with E-state index in [-0.39, 0.29) is 54.1 Å².